The summed E-state index contributed by atoms with van der Waals surface area (Å²) in [7, 11) is 3.24. The van der Waals surface area contributed by atoms with Crippen molar-refractivity contribution in [3.05, 3.63) is 17.5 Å². The lowest BCUT2D eigenvalue weighted by atomic mass is 10.3. The maximum absolute atomic E-state index is 12.4. The fourth-order valence-corrected chi connectivity index (χ4v) is 3.16. The van der Waals surface area contributed by atoms with E-state index in [2.05, 4.69) is 15.2 Å². The van der Waals surface area contributed by atoms with E-state index in [4.69, 9.17) is 9.47 Å². The van der Waals surface area contributed by atoms with Crippen molar-refractivity contribution in [2.24, 2.45) is 0 Å². The average molecular weight is 353 g/mol. The third-order valence-electron chi connectivity index (χ3n) is 3.47. The van der Waals surface area contributed by atoms with E-state index < -0.39 is 0 Å². The lowest BCUT2D eigenvalue weighted by Crippen LogP contribution is -2.37. The Morgan fingerprint density at radius 1 is 1.21 bits per heavy atom. The first-order valence-corrected chi connectivity index (χ1v) is 8.63. The van der Waals surface area contributed by atoms with Crippen LogP contribution in [-0.4, -0.2) is 76.7 Å². The number of ether oxygens (including phenoxy) is 2. The third-order valence-corrected chi connectivity index (χ3v) is 4.38. The number of aryl methyl sites for hydroxylation is 2. The summed E-state index contributed by atoms with van der Waals surface area (Å²) < 4.78 is 12.0. The van der Waals surface area contributed by atoms with Crippen molar-refractivity contribution < 1.29 is 14.3 Å². The number of methoxy groups -OCH3 is 2. The molecule has 0 bridgehead atoms. The van der Waals surface area contributed by atoms with Crippen LogP contribution in [0.15, 0.2) is 11.2 Å². The molecule has 0 spiro atoms. The molecule has 0 saturated carbocycles. The van der Waals surface area contributed by atoms with Gasteiger partial charge in [-0.3, -0.25) is 9.20 Å². The maximum atomic E-state index is 12.4. The summed E-state index contributed by atoms with van der Waals surface area (Å²) in [6.45, 7) is 5.97. The quantitative estimate of drug-likeness (QED) is 0.621. The molecule has 24 heavy (non-hydrogen) atoms. The molecule has 0 aliphatic rings. The lowest BCUT2D eigenvalue weighted by molar-refractivity contribution is -0.129. The zero-order valence-electron chi connectivity index (χ0n) is 14.5. The van der Waals surface area contributed by atoms with Crippen LogP contribution < -0.4 is 0 Å². The van der Waals surface area contributed by atoms with E-state index >= 15 is 0 Å². The first-order chi connectivity index (χ1) is 11.6. The molecule has 0 aliphatic heterocycles. The van der Waals surface area contributed by atoms with Crippen molar-refractivity contribution in [3.63, 3.8) is 0 Å². The zero-order chi connectivity index (χ0) is 17.5. The van der Waals surface area contributed by atoms with Crippen LogP contribution in [0.4, 0.5) is 0 Å². The Morgan fingerprint density at radius 3 is 2.50 bits per heavy atom. The van der Waals surface area contributed by atoms with E-state index in [0.717, 1.165) is 11.4 Å². The van der Waals surface area contributed by atoms with E-state index in [1.165, 1.54) is 11.8 Å². The summed E-state index contributed by atoms with van der Waals surface area (Å²) in [5.41, 5.74) is 1.89. The fraction of sp³-hybridized carbons (Fsp3) is 0.600. The highest BCUT2D eigenvalue weighted by atomic mass is 32.2. The van der Waals surface area contributed by atoms with Gasteiger partial charge in [0, 0.05) is 38.7 Å². The molecule has 1 amide bonds. The topological polar surface area (TPSA) is 81.9 Å². The standard InChI is InChI=1S/C15H23N5O3S/c1-11-9-12(2)20-14(16-11)17-18-15(20)24-10-13(21)19(5-7-22-3)6-8-23-4/h9H,5-8,10H2,1-4H3. The predicted molar refractivity (Wildman–Crippen MR) is 91.3 cm³/mol. The Labute approximate surface area is 145 Å². The van der Waals surface area contributed by atoms with E-state index in [1.807, 2.05) is 24.3 Å². The van der Waals surface area contributed by atoms with Crippen molar-refractivity contribution >= 4 is 23.4 Å². The molecule has 0 fully saturated rings. The first kappa shape index (κ1) is 18.6. The van der Waals surface area contributed by atoms with E-state index in [9.17, 15) is 4.79 Å². The summed E-state index contributed by atoms with van der Waals surface area (Å²) in [4.78, 5) is 18.5. The molecule has 0 aromatic carbocycles. The van der Waals surface area contributed by atoms with Gasteiger partial charge in [0.1, 0.15) is 0 Å². The van der Waals surface area contributed by atoms with Crippen LogP contribution in [-0.2, 0) is 14.3 Å². The summed E-state index contributed by atoms with van der Waals surface area (Å²) in [6.07, 6.45) is 0. The van der Waals surface area contributed by atoms with Gasteiger partial charge in [-0.2, -0.15) is 0 Å². The van der Waals surface area contributed by atoms with Crippen molar-refractivity contribution in [2.75, 3.05) is 46.3 Å². The van der Waals surface area contributed by atoms with Gasteiger partial charge in [0.2, 0.25) is 5.91 Å². The molecule has 0 atom stereocenters. The molecule has 0 radical (unpaired) electrons. The number of carbonyl (C=O) groups is 1. The van der Waals surface area contributed by atoms with Crippen molar-refractivity contribution in [3.8, 4) is 0 Å². The van der Waals surface area contributed by atoms with Crippen LogP contribution in [0.2, 0.25) is 0 Å². The van der Waals surface area contributed by atoms with Gasteiger partial charge in [-0.1, -0.05) is 11.8 Å². The number of fused-ring (bicyclic) bond motifs is 1. The van der Waals surface area contributed by atoms with Crippen LogP contribution >= 0.6 is 11.8 Å². The Bertz CT molecular complexity index is 683. The molecular weight excluding hydrogens is 330 g/mol. The largest absolute Gasteiger partial charge is 0.383 e. The lowest BCUT2D eigenvalue weighted by Gasteiger charge is -2.21. The number of hydrogen-bond acceptors (Lipinski definition) is 7. The van der Waals surface area contributed by atoms with Crippen LogP contribution in [0, 0.1) is 13.8 Å². The summed E-state index contributed by atoms with van der Waals surface area (Å²) in [6, 6.07) is 1.96. The second-order valence-electron chi connectivity index (χ2n) is 5.31. The molecule has 132 valence electrons. The minimum atomic E-state index is 0.0172. The van der Waals surface area contributed by atoms with Gasteiger partial charge in [0.15, 0.2) is 5.16 Å². The Hall–Kier alpha value is -1.71. The number of carbonyl (C=O) groups excluding carboxylic acids is 1. The van der Waals surface area contributed by atoms with Gasteiger partial charge in [-0.25, -0.2) is 4.98 Å². The van der Waals surface area contributed by atoms with Crippen LogP contribution in [0.5, 0.6) is 0 Å². The first-order valence-electron chi connectivity index (χ1n) is 7.64. The number of hydrogen-bond donors (Lipinski definition) is 0. The second-order valence-corrected chi connectivity index (χ2v) is 6.25. The van der Waals surface area contributed by atoms with Crippen molar-refractivity contribution in [2.45, 2.75) is 19.0 Å². The van der Waals surface area contributed by atoms with Gasteiger partial charge in [0.05, 0.1) is 19.0 Å². The average Bonchev–Trinajstić information content (AvgIpc) is 2.96. The van der Waals surface area contributed by atoms with Crippen molar-refractivity contribution in [1.29, 1.82) is 0 Å². The molecule has 8 nitrogen and oxygen atoms in total. The Kier molecular flexibility index (Phi) is 6.95. The second kappa shape index (κ2) is 8.95. The van der Waals surface area contributed by atoms with Gasteiger partial charge in [-0.15, -0.1) is 10.2 Å². The maximum Gasteiger partial charge on any atom is 0.256 e. The Balaban J connectivity index is 2.04. The molecule has 0 unspecified atom stereocenters. The van der Waals surface area contributed by atoms with E-state index in [-0.39, 0.29) is 11.7 Å². The fourth-order valence-electron chi connectivity index (χ4n) is 2.28. The molecule has 2 rings (SSSR count). The highest BCUT2D eigenvalue weighted by molar-refractivity contribution is 7.99. The smallest absolute Gasteiger partial charge is 0.256 e. The molecule has 0 N–H and O–H groups in total. The highest BCUT2D eigenvalue weighted by Gasteiger charge is 2.16. The van der Waals surface area contributed by atoms with E-state index in [1.54, 1.807) is 19.1 Å². The monoisotopic (exact) mass is 353 g/mol. The van der Waals surface area contributed by atoms with E-state index in [0.29, 0.717) is 37.2 Å². The third kappa shape index (κ3) is 4.65. The van der Waals surface area contributed by atoms with Crippen molar-refractivity contribution in [1.82, 2.24) is 24.5 Å². The molecule has 0 saturated heterocycles. The molecule has 9 heteroatoms. The van der Waals surface area contributed by atoms with Gasteiger partial charge < -0.3 is 14.4 Å². The number of amides is 1. The number of rotatable bonds is 9. The van der Waals surface area contributed by atoms with Crippen LogP contribution in [0.3, 0.4) is 0 Å². The molecule has 2 heterocycles. The number of thioether (sulfide) groups is 1. The molecular formula is C15H23N5O3S. The summed E-state index contributed by atoms with van der Waals surface area (Å²) >= 11 is 1.36. The minimum Gasteiger partial charge on any atom is -0.383 e. The molecule has 2 aromatic rings. The molecule has 0 aliphatic carbocycles. The van der Waals surface area contributed by atoms with Gasteiger partial charge >= 0.3 is 0 Å². The normalized spacial score (nSPS) is 11.2. The summed E-state index contributed by atoms with van der Waals surface area (Å²) in [5.74, 6) is 0.850. The van der Waals surface area contributed by atoms with Crippen LogP contribution in [0.25, 0.3) is 5.78 Å². The number of nitrogens with zero attached hydrogens (tertiary/aromatic N) is 5. The zero-order valence-corrected chi connectivity index (χ0v) is 15.3. The highest BCUT2D eigenvalue weighted by Crippen LogP contribution is 2.19. The minimum absolute atomic E-state index is 0.0172. The number of aromatic nitrogens is 4. The molecule has 2 aromatic heterocycles. The van der Waals surface area contributed by atoms with Gasteiger partial charge in [-0.05, 0) is 19.9 Å². The summed E-state index contributed by atoms with van der Waals surface area (Å²) in [5, 5.41) is 8.89. The predicted octanol–water partition coefficient (Wildman–Crippen LogP) is 0.955. The van der Waals surface area contributed by atoms with Gasteiger partial charge in [0.25, 0.3) is 5.78 Å². The Morgan fingerprint density at radius 2 is 1.88 bits per heavy atom. The van der Waals surface area contributed by atoms with Crippen LogP contribution in [0.1, 0.15) is 11.4 Å². The SMILES string of the molecule is COCCN(CCOC)C(=O)CSc1nnc2nc(C)cc(C)n12.